The first-order chi connectivity index (χ1) is 10.2. The topological polar surface area (TPSA) is 70.4 Å². The van der Waals surface area contributed by atoms with Gasteiger partial charge in [0.15, 0.2) is 11.0 Å². The molecular weight excluding hydrogens is 288 g/mol. The monoisotopic (exact) mass is 298 g/mol. The average molecular weight is 299 g/mol. The minimum atomic E-state index is 0.212. The second-order valence-corrected chi connectivity index (χ2v) is 4.67. The third-order valence-electron chi connectivity index (χ3n) is 2.81. The van der Waals surface area contributed by atoms with Gasteiger partial charge < -0.3 is 5.11 Å². The maximum absolute atomic E-state index is 9.20. The van der Waals surface area contributed by atoms with Crippen LogP contribution in [0.5, 0.6) is 5.75 Å². The second kappa shape index (κ2) is 5.76. The Labute approximate surface area is 125 Å². The van der Waals surface area contributed by atoms with E-state index in [0.717, 1.165) is 16.6 Å². The number of phenolic OH excluding ortho intramolecular Hbond substituents is 1. The van der Waals surface area contributed by atoms with Gasteiger partial charge in [0, 0.05) is 0 Å². The van der Waals surface area contributed by atoms with Gasteiger partial charge in [-0.1, -0.05) is 23.7 Å². The molecule has 5 nitrogen and oxygen atoms in total. The number of rotatable bonds is 3. The van der Waals surface area contributed by atoms with Crippen LogP contribution in [0.1, 0.15) is 5.56 Å². The SMILES string of the molecule is Oc1ccc(/C=N/Nc2nc3ccccc3nc2Cl)cc1. The molecule has 0 aliphatic rings. The molecule has 0 unspecified atom stereocenters. The molecule has 0 aliphatic carbocycles. The smallest absolute Gasteiger partial charge is 0.185 e. The van der Waals surface area contributed by atoms with Gasteiger partial charge >= 0.3 is 0 Å². The van der Waals surface area contributed by atoms with E-state index in [0.29, 0.717) is 5.82 Å². The number of hydrazone groups is 1. The lowest BCUT2D eigenvalue weighted by atomic mass is 10.2. The summed E-state index contributed by atoms with van der Waals surface area (Å²) in [6, 6.07) is 14.1. The van der Waals surface area contributed by atoms with E-state index in [1.165, 1.54) is 0 Å². The molecule has 3 aromatic rings. The van der Waals surface area contributed by atoms with E-state index in [2.05, 4.69) is 20.5 Å². The zero-order valence-corrected chi connectivity index (χ0v) is 11.6. The Morgan fingerprint density at radius 2 is 1.67 bits per heavy atom. The summed E-state index contributed by atoms with van der Waals surface area (Å²) in [5, 5.41) is 13.5. The van der Waals surface area contributed by atoms with Crippen molar-refractivity contribution in [3.05, 3.63) is 59.2 Å². The van der Waals surface area contributed by atoms with Gasteiger partial charge in [0.25, 0.3) is 0 Å². The van der Waals surface area contributed by atoms with Crippen LogP contribution in [0, 0.1) is 0 Å². The van der Waals surface area contributed by atoms with E-state index in [9.17, 15) is 5.11 Å². The standard InChI is InChI=1S/C15H11ClN4O/c16-14-15(19-13-4-2-1-3-12(13)18-14)20-17-9-10-5-7-11(21)8-6-10/h1-9,21H,(H,19,20)/b17-9+. The molecule has 21 heavy (non-hydrogen) atoms. The number of phenols is 1. The second-order valence-electron chi connectivity index (χ2n) is 4.31. The molecule has 2 N–H and O–H groups in total. The minimum Gasteiger partial charge on any atom is -0.508 e. The molecule has 0 bridgehead atoms. The zero-order valence-electron chi connectivity index (χ0n) is 10.9. The molecular formula is C15H11ClN4O. The lowest BCUT2D eigenvalue weighted by Gasteiger charge is -2.03. The Morgan fingerprint density at radius 1 is 1.00 bits per heavy atom. The molecule has 1 aromatic heterocycles. The van der Waals surface area contributed by atoms with Gasteiger partial charge in [0.05, 0.1) is 17.2 Å². The van der Waals surface area contributed by atoms with Crippen LogP contribution in [-0.2, 0) is 0 Å². The van der Waals surface area contributed by atoms with E-state index in [-0.39, 0.29) is 10.9 Å². The molecule has 0 atom stereocenters. The van der Waals surface area contributed by atoms with Gasteiger partial charge in [-0.25, -0.2) is 9.97 Å². The Bertz CT molecular complexity index is 802. The molecule has 104 valence electrons. The van der Waals surface area contributed by atoms with Crippen molar-refractivity contribution in [1.82, 2.24) is 9.97 Å². The predicted octanol–water partition coefficient (Wildman–Crippen LogP) is 3.43. The number of aromatic hydroxyl groups is 1. The molecule has 1 heterocycles. The molecule has 0 amide bonds. The summed E-state index contributed by atoms with van der Waals surface area (Å²) >= 11 is 6.06. The Hall–Kier alpha value is -2.66. The number of anilines is 1. The van der Waals surface area contributed by atoms with Crippen molar-refractivity contribution in [3.63, 3.8) is 0 Å². The fourth-order valence-corrected chi connectivity index (χ4v) is 1.95. The van der Waals surface area contributed by atoms with E-state index in [4.69, 9.17) is 11.6 Å². The summed E-state index contributed by atoms with van der Waals surface area (Å²) in [5.41, 5.74) is 5.08. The van der Waals surface area contributed by atoms with Crippen molar-refractivity contribution >= 4 is 34.7 Å². The van der Waals surface area contributed by atoms with Gasteiger partial charge in [-0.05, 0) is 42.0 Å². The lowest BCUT2D eigenvalue weighted by molar-refractivity contribution is 0.475. The summed E-state index contributed by atoms with van der Waals surface area (Å²) in [4.78, 5) is 8.61. The summed E-state index contributed by atoms with van der Waals surface area (Å²) in [7, 11) is 0. The van der Waals surface area contributed by atoms with Crippen LogP contribution in [0.4, 0.5) is 5.82 Å². The maximum Gasteiger partial charge on any atom is 0.185 e. The highest BCUT2D eigenvalue weighted by Crippen LogP contribution is 2.20. The van der Waals surface area contributed by atoms with Crippen molar-refractivity contribution in [2.75, 3.05) is 5.43 Å². The molecule has 3 rings (SSSR count). The third kappa shape index (κ3) is 3.09. The van der Waals surface area contributed by atoms with Crippen molar-refractivity contribution in [2.45, 2.75) is 0 Å². The van der Waals surface area contributed by atoms with Gasteiger partial charge in [-0.15, -0.1) is 0 Å². The zero-order chi connectivity index (χ0) is 14.7. The summed E-state index contributed by atoms with van der Waals surface area (Å²) in [5.74, 6) is 0.606. The number of halogens is 1. The minimum absolute atomic E-state index is 0.212. The first kappa shape index (κ1) is 13.3. The van der Waals surface area contributed by atoms with Crippen LogP contribution in [-0.4, -0.2) is 21.3 Å². The van der Waals surface area contributed by atoms with Crippen LogP contribution in [0.3, 0.4) is 0 Å². The van der Waals surface area contributed by atoms with Gasteiger partial charge in [-0.3, -0.25) is 5.43 Å². The fourth-order valence-electron chi connectivity index (χ4n) is 1.78. The highest BCUT2D eigenvalue weighted by molar-refractivity contribution is 6.32. The summed E-state index contributed by atoms with van der Waals surface area (Å²) in [6.07, 6.45) is 1.60. The van der Waals surface area contributed by atoms with Crippen LogP contribution in [0.2, 0.25) is 5.15 Å². The summed E-state index contributed by atoms with van der Waals surface area (Å²) in [6.45, 7) is 0. The first-order valence-corrected chi connectivity index (χ1v) is 6.60. The van der Waals surface area contributed by atoms with Gasteiger partial charge in [0.1, 0.15) is 5.75 Å². The number of fused-ring (bicyclic) bond motifs is 1. The number of aromatic nitrogens is 2. The average Bonchev–Trinajstić information content (AvgIpc) is 2.50. The quantitative estimate of drug-likeness (QED) is 0.574. The van der Waals surface area contributed by atoms with Crippen LogP contribution < -0.4 is 5.43 Å². The van der Waals surface area contributed by atoms with E-state index in [1.54, 1.807) is 30.5 Å². The Kier molecular flexibility index (Phi) is 3.66. The van der Waals surface area contributed by atoms with E-state index in [1.807, 2.05) is 24.3 Å². The third-order valence-corrected chi connectivity index (χ3v) is 3.07. The van der Waals surface area contributed by atoms with Crippen LogP contribution in [0.25, 0.3) is 11.0 Å². The molecule has 6 heteroatoms. The normalized spacial score (nSPS) is 11.1. The van der Waals surface area contributed by atoms with Gasteiger partial charge in [-0.2, -0.15) is 5.10 Å². The molecule has 0 saturated carbocycles. The highest BCUT2D eigenvalue weighted by Gasteiger charge is 2.05. The lowest BCUT2D eigenvalue weighted by Crippen LogP contribution is -1.97. The Morgan fingerprint density at radius 3 is 2.38 bits per heavy atom. The number of nitrogens with one attached hydrogen (secondary N) is 1. The number of para-hydroxylation sites is 2. The molecule has 0 spiro atoms. The van der Waals surface area contributed by atoms with Crippen molar-refractivity contribution in [2.24, 2.45) is 5.10 Å². The molecule has 0 radical (unpaired) electrons. The number of hydrogen-bond acceptors (Lipinski definition) is 5. The van der Waals surface area contributed by atoms with Gasteiger partial charge in [0.2, 0.25) is 0 Å². The Balaban J connectivity index is 1.81. The van der Waals surface area contributed by atoms with Crippen molar-refractivity contribution < 1.29 is 5.11 Å². The van der Waals surface area contributed by atoms with Crippen LogP contribution in [0.15, 0.2) is 53.6 Å². The molecule has 0 fully saturated rings. The number of nitrogens with zero attached hydrogens (tertiary/aromatic N) is 3. The largest absolute Gasteiger partial charge is 0.508 e. The van der Waals surface area contributed by atoms with Crippen molar-refractivity contribution in [1.29, 1.82) is 0 Å². The molecule has 0 aliphatic heterocycles. The van der Waals surface area contributed by atoms with Crippen molar-refractivity contribution in [3.8, 4) is 5.75 Å². The predicted molar refractivity (Wildman–Crippen MR) is 83.9 cm³/mol. The van der Waals surface area contributed by atoms with Crippen LogP contribution >= 0.6 is 11.6 Å². The number of benzene rings is 2. The van der Waals surface area contributed by atoms with E-state index < -0.39 is 0 Å². The van der Waals surface area contributed by atoms with E-state index >= 15 is 0 Å². The highest BCUT2D eigenvalue weighted by atomic mass is 35.5. The molecule has 2 aromatic carbocycles. The molecule has 0 saturated heterocycles. The summed E-state index contributed by atoms with van der Waals surface area (Å²) < 4.78 is 0. The fraction of sp³-hybridized carbons (Fsp3) is 0. The first-order valence-electron chi connectivity index (χ1n) is 6.23. The maximum atomic E-state index is 9.20. The number of hydrogen-bond donors (Lipinski definition) is 2.